The molecule has 2 aromatic rings. The maximum Gasteiger partial charge on any atom is 0.183 e. The lowest BCUT2D eigenvalue weighted by Crippen LogP contribution is -2.12. The number of hydrogen-bond donors (Lipinski definition) is 1. The summed E-state index contributed by atoms with van der Waals surface area (Å²) in [6, 6.07) is 5.74. The molecule has 1 N–H and O–H groups in total. The van der Waals surface area contributed by atoms with Gasteiger partial charge in [-0.3, -0.25) is 5.32 Å². The minimum absolute atomic E-state index is 0.578. The number of amidine groups is 1. The van der Waals surface area contributed by atoms with Crippen LogP contribution >= 0.6 is 11.8 Å². The van der Waals surface area contributed by atoms with Gasteiger partial charge in [0.1, 0.15) is 0 Å². The van der Waals surface area contributed by atoms with Gasteiger partial charge < -0.3 is 4.57 Å². The van der Waals surface area contributed by atoms with Gasteiger partial charge in [-0.2, -0.15) is 5.26 Å². The molecule has 0 aliphatic carbocycles. The fraction of sp³-hybridized carbons (Fsp3) is 0.182. The van der Waals surface area contributed by atoms with Crippen molar-refractivity contribution >= 4 is 33.7 Å². The summed E-state index contributed by atoms with van der Waals surface area (Å²) in [7, 11) is 1.94. The molecule has 0 spiro atoms. The molecule has 0 saturated carbocycles. The second-order valence-corrected chi connectivity index (χ2v) is 4.18. The number of aromatic nitrogens is 2. The van der Waals surface area contributed by atoms with Crippen molar-refractivity contribution in [1.29, 1.82) is 5.26 Å². The van der Waals surface area contributed by atoms with Crippen molar-refractivity contribution in [3.63, 3.8) is 0 Å². The van der Waals surface area contributed by atoms with E-state index in [2.05, 4.69) is 15.3 Å². The zero-order chi connectivity index (χ0) is 12.3. The molecule has 0 saturated heterocycles. The minimum atomic E-state index is 0.578. The van der Waals surface area contributed by atoms with Gasteiger partial charge in [0.25, 0.3) is 0 Å². The number of aryl methyl sites for hydroxylation is 1. The summed E-state index contributed by atoms with van der Waals surface area (Å²) in [6.45, 7) is 0. The Morgan fingerprint density at radius 2 is 2.41 bits per heavy atom. The van der Waals surface area contributed by atoms with Gasteiger partial charge in [-0.25, -0.2) is 9.98 Å². The van der Waals surface area contributed by atoms with Gasteiger partial charge in [0.2, 0.25) is 0 Å². The first kappa shape index (κ1) is 11.5. The van der Waals surface area contributed by atoms with E-state index in [1.165, 1.54) is 11.8 Å². The molecule has 0 radical (unpaired) electrons. The van der Waals surface area contributed by atoms with Crippen molar-refractivity contribution in [3.8, 4) is 6.19 Å². The summed E-state index contributed by atoms with van der Waals surface area (Å²) in [6.07, 6.45) is 5.50. The second-order valence-electron chi connectivity index (χ2n) is 3.39. The Balaban J connectivity index is 2.42. The third kappa shape index (κ3) is 2.40. The summed E-state index contributed by atoms with van der Waals surface area (Å²) < 4.78 is 1.94. The third-order valence-electron chi connectivity index (χ3n) is 2.30. The van der Waals surface area contributed by atoms with Crippen molar-refractivity contribution in [2.75, 3.05) is 6.26 Å². The van der Waals surface area contributed by atoms with Crippen LogP contribution in [0, 0.1) is 11.5 Å². The van der Waals surface area contributed by atoms with Gasteiger partial charge in [-0.15, -0.1) is 0 Å². The van der Waals surface area contributed by atoms with Crippen LogP contribution in [0.25, 0.3) is 11.0 Å². The topological polar surface area (TPSA) is 66.0 Å². The molecule has 0 unspecified atom stereocenters. The van der Waals surface area contributed by atoms with Crippen molar-refractivity contribution < 1.29 is 0 Å². The molecule has 1 aromatic heterocycles. The summed E-state index contributed by atoms with van der Waals surface area (Å²) in [5.41, 5.74) is 2.75. The SMILES string of the molecule is CSC(=Nc1ccc2ncn(C)c2c1)NC#N. The molecule has 86 valence electrons. The molecule has 2 rings (SSSR count). The number of rotatable bonds is 1. The predicted octanol–water partition coefficient (Wildman–Crippen LogP) is 1.99. The molecule has 17 heavy (non-hydrogen) atoms. The Morgan fingerprint density at radius 3 is 3.12 bits per heavy atom. The van der Waals surface area contributed by atoms with Crippen LogP contribution in [0.15, 0.2) is 29.5 Å². The summed E-state index contributed by atoms with van der Waals surface area (Å²) in [5.74, 6) is 0. The van der Waals surface area contributed by atoms with Crippen LogP contribution in [0.4, 0.5) is 5.69 Å². The average Bonchev–Trinajstić information content (AvgIpc) is 2.70. The summed E-state index contributed by atoms with van der Waals surface area (Å²) in [5, 5.41) is 11.7. The van der Waals surface area contributed by atoms with Gasteiger partial charge in [-0.1, -0.05) is 11.8 Å². The minimum Gasteiger partial charge on any atom is -0.334 e. The van der Waals surface area contributed by atoms with E-state index in [0.29, 0.717) is 5.17 Å². The van der Waals surface area contributed by atoms with Gasteiger partial charge in [0, 0.05) is 7.05 Å². The van der Waals surface area contributed by atoms with Gasteiger partial charge in [-0.05, 0) is 24.5 Å². The Bertz CT molecular complexity index is 608. The molecule has 0 aliphatic rings. The summed E-state index contributed by atoms with van der Waals surface area (Å²) in [4.78, 5) is 8.58. The van der Waals surface area contributed by atoms with Crippen molar-refractivity contribution in [3.05, 3.63) is 24.5 Å². The largest absolute Gasteiger partial charge is 0.334 e. The van der Waals surface area contributed by atoms with Crippen LogP contribution in [0.5, 0.6) is 0 Å². The highest BCUT2D eigenvalue weighted by Gasteiger charge is 2.01. The molecule has 0 fully saturated rings. The van der Waals surface area contributed by atoms with Crippen LogP contribution in [0.1, 0.15) is 0 Å². The quantitative estimate of drug-likeness (QED) is 0.361. The van der Waals surface area contributed by atoms with Crippen LogP contribution in [0.2, 0.25) is 0 Å². The smallest absolute Gasteiger partial charge is 0.183 e. The lowest BCUT2D eigenvalue weighted by atomic mass is 10.3. The molecule has 0 bridgehead atoms. The van der Waals surface area contributed by atoms with E-state index < -0.39 is 0 Å². The molecular formula is C11H11N5S. The molecule has 0 atom stereocenters. The van der Waals surface area contributed by atoms with Gasteiger partial charge in [0.15, 0.2) is 11.4 Å². The van der Waals surface area contributed by atoms with Crippen LogP contribution in [-0.2, 0) is 7.05 Å². The lowest BCUT2D eigenvalue weighted by molar-refractivity contribution is 0.947. The number of thioether (sulfide) groups is 1. The molecule has 5 nitrogen and oxygen atoms in total. The number of aliphatic imine (C=N–C) groups is 1. The Kier molecular flexibility index (Phi) is 3.30. The highest BCUT2D eigenvalue weighted by molar-refractivity contribution is 8.13. The number of hydrogen-bond acceptors (Lipinski definition) is 4. The normalized spacial score (nSPS) is 11.5. The first-order valence-electron chi connectivity index (χ1n) is 4.93. The van der Waals surface area contributed by atoms with Crippen LogP contribution < -0.4 is 5.32 Å². The number of nitrogens with one attached hydrogen (secondary N) is 1. The molecule has 1 heterocycles. The Morgan fingerprint density at radius 1 is 1.59 bits per heavy atom. The average molecular weight is 245 g/mol. The Hall–Kier alpha value is -2.00. The highest BCUT2D eigenvalue weighted by Crippen LogP contribution is 2.20. The summed E-state index contributed by atoms with van der Waals surface area (Å²) >= 11 is 1.39. The van der Waals surface area contributed by atoms with E-state index in [-0.39, 0.29) is 0 Å². The molecule has 0 amide bonds. The number of nitriles is 1. The monoisotopic (exact) mass is 245 g/mol. The van der Waals surface area contributed by atoms with E-state index in [1.54, 1.807) is 6.33 Å². The highest BCUT2D eigenvalue weighted by atomic mass is 32.2. The number of imidazole rings is 1. The van der Waals surface area contributed by atoms with Crippen LogP contribution in [0.3, 0.4) is 0 Å². The molecule has 1 aromatic carbocycles. The third-order valence-corrected chi connectivity index (χ3v) is 2.88. The zero-order valence-corrected chi connectivity index (χ0v) is 10.3. The fourth-order valence-corrected chi connectivity index (χ4v) is 1.82. The maximum absolute atomic E-state index is 8.56. The standard InChI is InChI=1S/C11H11N5S/c1-16-7-14-9-4-3-8(5-10(9)16)15-11(17-2)13-6-12/h3-5,7H,1-2H3,(H,13,15). The second kappa shape index (κ2) is 4.89. The number of benzene rings is 1. The van der Waals surface area contributed by atoms with E-state index in [4.69, 9.17) is 5.26 Å². The van der Waals surface area contributed by atoms with Crippen molar-refractivity contribution in [2.45, 2.75) is 0 Å². The van der Waals surface area contributed by atoms with E-state index >= 15 is 0 Å². The lowest BCUT2D eigenvalue weighted by Gasteiger charge is -2.00. The fourth-order valence-electron chi connectivity index (χ4n) is 1.47. The van der Waals surface area contributed by atoms with Gasteiger partial charge >= 0.3 is 0 Å². The van der Waals surface area contributed by atoms with Crippen molar-refractivity contribution in [1.82, 2.24) is 14.9 Å². The Labute approximate surface area is 103 Å². The van der Waals surface area contributed by atoms with Crippen molar-refractivity contribution in [2.24, 2.45) is 12.0 Å². The molecule has 6 heteroatoms. The van der Waals surface area contributed by atoms with E-state index in [9.17, 15) is 0 Å². The number of fused-ring (bicyclic) bond motifs is 1. The zero-order valence-electron chi connectivity index (χ0n) is 9.51. The molecular weight excluding hydrogens is 234 g/mol. The first-order chi connectivity index (χ1) is 8.24. The van der Waals surface area contributed by atoms with Gasteiger partial charge in [0.05, 0.1) is 23.0 Å². The van der Waals surface area contributed by atoms with E-state index in [1.807, 2.05) is 42.3 Å². The molecule has 0 aliphatic heterocycles. The van der Waals surface area contributed by atoms with E-state index in [0.717, 1.165) is 16.7 Å². The first-order valence-corrected chi connectivity index (χ1v) is 6.16. The predicted molar refractivity (Wildman–Crippen MR) is 70.1 cm³/mol. The number of nitrogens with zero attached hydrogens (tertiary/aromatic N) is 4. The van der Waals surface area contributed by atoms with Crippen LogP contribution in [-0.4, -0.2) is 21.0 Å². The maximum atomic E-state index is 8.56.